The predicted octanol–water partition coefficient (Wildman–Crippen LogP) is 6.03. The summed E-state index contributed by atoms with van der Waals surface area (Å²) in [6.45, 7) is 3.90. The topological polar surface area (TPSA) is 84.8 Å². The second-order valence-corrected chi connectivity index (χ2v) is 8.11. The summed E-state index contributed by atoms with van der Waals surface area (Å²) in [6, 6.07) is 12.8. The average molecular weight is 551 g/mol. The molecule has 35 heavy (non-hydrogen) atoms. The van der Waals surface area contributed by atoms with Crippen LogP contribution in [0.15, 0.2) is 64.3 Å². The Morgan fingerprint density at radius 3 is 2.46 bits per heavy atom. The number of anilines is 2. The Bertz CT molecular complexity index is 1180. The fourth-order valence-corrected chi connectivity index (χ4v) is 3.23. The van der Waals surface area contributed by atoms with Crippen LogP contribution in [0.3, 0.4) is 0 Å². The Morgan fingerprint density at radius 2 is 1.83 bits per heavy atom. The molecule has 2 N–H and O–H groups in total. The van der Waals surface area contributed by atoms with Gasteiger partial charge in [0, 0.05) is 21.9 Å². The maximum atomic E-state index is 12.6. The summed E-state index contributed by atoms with van der Waals surface area (Å²) in [6.07, 6.45) is -2.29. The van der Waals surface area contributed by atoms with E-state index in [4.69, 9.17) is 9.47 Å². The number of benzene rings is 2. The van der Waals surface area contributed by atoms with E-state index in [0.717, 1.165) is 17.8 Å². The number of pyridine rings is 1. The molecule has 11 heteroatoms. The molecule has 1 amide bonds. The Kier molecular flexibility index (Phi) is 8.69. The molecule has 0 radical (unpaired) electrons. The Balaban J connectivity index is 1.65. The number of halogens is 4. The predicted molar refractivity (Wildman–Crippen MR) is 131 cm³/mol. The number of nitrogens with one attached hydrogen (secondary N) is 2. The molecule has 0 spiro atoms. The number of aryl methyl sites for hydroxylation is 1. The monoisotopic (exact) mass is 550 g/mol. The van der Waals surface area contributed by atoms with Crippen molar-refractivity contribution in [1.29, 1.82) is 0 Å². The molecule has 7 nitrogen and oxygen atoms in total. The van der Waals surface area contributed by atoms with Crippen molar-refractivity contribution in [3.63, 3.8) is 0 Å². The molecule has 0 aliphatic rings. The molecule has 184 valence electrons. The van der Waals surface area contributed by atoms with E-state index >= 15 is 0 Å². The summed E-state index contributed by atoms with van der Waals surface area (Å²) in [5, 5.41) is 6.77. The first-order valence-corrected chi connectivity index (χ1v) is 11.2. The standard InChI is InChI=1S/C24H22BrF3N4O3/c1-3-34-20-10-16(12-30-32-22-9-6-17(13-29-22)24(26,27)28)19(25)11-21(20)35-14-23(33)31-18-7-4-15(2)5-8-18/h4-13H,3,14H2,1-2H3,(H,29,32)(H,31,33)/b30-12-. The highest BCUT2D eigenvalue weighted by molar-refractivity contribution is 9.10. The van der Waals surface area contributed by atoms with Gasteiger partial charge in [0.15, 0.2) is 18.1 Å². The summed E-state index contributed by atoms with van der Waals surface area (Å²) in [4.78, 5) is 16.0. The lowest BCUT2D eigenvalue weighted by Gasteiger charge is -2.14. The first-order valence-electron chi connectivity index (χ1n) is 10.4. The summed E-state index contributed by atoms with van der Waals surface area (Å²) in [7, 11) is 0. The molecule has 1 aromatic heterocycles. The molecule has 3 aromatic rings. The van der Waals surface area contributed by atoms with Gasteiger partial charge in [-0.15, -0.1) is 0 Å². The molecule has 2 aromatic carbocycles. The molecule has 0 bridgehead atoms. The number of aromatic nitrogens is 1. The van der Waals surface area contributed by atoms with Gasteiger partial charge >= 0.3 is 6.18 Å². The van der Waals surface area contributed by atoms with Crippen LogP contribution in [0, 0.1) is 6.92 Å². The van der Waals surface area contributed by atoms with Crippen molar-refractivity contribution >= 4 is 39.6 Å². The minimum Gasteiger partial charge on any atom is -0.490 e. The van der Waals surface area contributed by atoms with Gasteiger partial charge in [-0.05, 0) is 66.2 Å². The smallest absolute Gasteiger partial charge is 0.417 e. The van der Waals surface area contributed by atoms with Crippen LogP contribution < -0.4 is 20.2 Å². The highest BCUT2D eigenvalue weighted by atomic mass is 79.9. The van der Waals surface area contributed by atoms with E-state index in [1.165, 1.54) is 12.3 Å². The summed E-state index contributed by atoms with van der Waals surface area (Å²) in [5.41, 5.74) is 4.08. The molecule has 0 unspecified atom stereocenters. The molecule has 0 atom stereocenters. The number of amides is 1. The van der Waals surface area contributed by atoms with Crippen LogP contribution in [0.25, 0.3) is 0 Å². The second-order valence-electron chi connectivity index (χ2n) is 7.26. The number of hydrogen-bond donors (Lipinski definition) is 2. The van der Waals surface area contributed by atoms with E-state index in [0.29, 0.717) is 33.8 Å². The zero-order valence-corrected chi connectivity index (χ0v) is 20.4. The maximum Gasteiger partial charge on any atom is 0.417 e. The number of hydrogen-bond acceptors (Lipinski definition) is 6. The van der Waals surface area contributed by atoms with Gasteiger partial charge in [-0.25, -0.2) is 4.98 Å². The van der Waals surface area contributed by atoms with E-state index in [2.05, 4.69) is 36.8 Å². The van der Waals surface area contributed by atoms with Gasteiger partial charge in [0.25, 0.3) is 5.91 Å². The molecule has 0 aliphatic heterocycles. The molecular weight excluding hydrogens is 529 g/mol. The largest absolute Gasteiger partial charge is 0.490 e. The Morgan fingerprint density at radius 1 is 1.11 bits per heavy atom. The van der Waals surface area contributed by atoms with Crippen LogP contribution in [0.4, 0.5) is 24.7 Å². The minimum atomic E-state index is -4.46. The van der Waals surface area contributed by atoms with Crippen molar-refractivity contribution in [3.05, 3.63) is 75.9 Å². The van der Waals surface area contributed by atoms with Crippen LogP contribution in [0.1, 0.15) is 23.6 Å². The Labute approximate surface area is 208 Å². The lowest BCUT2D eigenvalue weighted by Crippen LogP contribution is -2.20. The number of hydrazone groups is 1. The van der Waals surface area contributed by atoms with Crippen molar-refractivity contribution in [1.82, 2.24) is 4.98 Å². The van der Waals surface area contributed by atoms with Crippen molar-refractivity contribution in [3.8, 4) is 11.5 Å². The SMILES string of the molecule is CCOc1cc(/C=N\Nc2ccc(C(F)(F)F)cn2)c(Br)cc1OCC(=O)Nc1ccc(C)cc1. The van der Waals surface area contributed by atoms with Crippen molar-refractivity contribution < 1.29 is 27.4 Å². The first-order chi connectivity index (χ1) is 16.7. The summed E-state index contributed by atoms with van der Waals surface area (Å²) >= 11 is 3.42. The molecular formula is C24H22BrF3N4O3. The van der Waals surface area contributed by atoms with Crippen LogP contribution in [0.2, 0.25) is 0 Å². The van der Waals surface area contributed by atoms with Gasteiger partial charge in [0.2, 0.25) is 0 Å². The quantitative estimate of drug-likeness (QED) is 0.251. The van der Waals surface area contributed by atoms with Crippen molar-refractivity contribution in [2.24, 2.45) is 5.10 Å². The van der Waals surface area contributed by atoms with Crippen LogP contribution >= 0.6 is 15.9 Å². The van der Waals surface area contributed by atoms with E-state index in [1.54, 1.807) is 24.3 Å². The number of ether oxygens (including phenoxy) is 2. The Hall–Kier alpha value is -3.60. The fourth-order valence-electron chi connectivity index (χ4n) is 2.80. The zero-order valence-electron chi connectivity index (χ0n) is 18.8. The molecule has 0 saturated carbocycles. The van der Waals surface area contributed by atoms with Gasteiger partial charge in [0.05, 0.1) is 18.4 Å². The number of nitrogens with zero attached hydrogens (tertiary/aromatic N) is 2. The van der Waals surface area contributed by atoms with Crippen molar-refractivity contribution in [2.45, 2.75) is 20.0 Å². The van der Waals surface area contributed by atoms with E-state index in [-0.39, 0.29) is 18.3 Å². The lowest BCUT2D eigenvalue weighted by atomic mass is 10.2. The average Bonchev–Trinajstić information content (AvgIpc) is 2.81. The molecule has 0 saturated heterocycles. The van der Waals surface area contributed by atoms with Crippen molar-refractivity contribution in [2.75, 3.05) is 24.0 Å². The van der Waals surface area contributed by atoms with Crippen LogP contribution in [-0.2, 0) is 11.0 Å². The molecule has 0 aliphatic carbocycles. The van der Waals surface area contributed by atoms with Gasteiger partial charge in [0.1, 0.15) is 5.82 Å². The summed E-state index contributed by atoms with van der Waals surface area (Å²) < 4.78 is 49.8. The number of carbonyl (C=O) groups excluding carboxylic acids is 1. The highest BCUT2D eigenvalue weighted by Crippen LogP contribution is 2.33. The van der Waals surface area contributed by atoms with E-state index in [1.807, 2.05) is 26.0 Å². The van der Waals surface area contributed by atoms with Gasteiger partial charge in [-0.3, -0.25) is 10.2 Å². The lowest BCUT2D eigenvalue weighted by molar-refractivity contribution is -0.137. The minimum absolute atomic E-state index is 0.148. The zero-order chi connectivity index (χ0) is 25.4. The number of carbonyl (C=O) groups is 1. The maximum absolute atomic E-state index is 12.6. The molecule has 3 rings (SSSR count). The van der Waals surface area contributed by atoms with E-state index < -0.39 is 11.7 Å². The normalized spacial score (nSPS) is 11.4. The third-order valence-corrected chi connectivity index (χ3v) is 5.22. The molecule has 0 fully saturated rings. The van der Waals surface area contributed by atoms with Gasteiger partial charge in [-0.2, -0.15) is 18.3 Å². The van der Waals surface area contributed by atoms with Crippen LogP contribution in [-0.4, -0.2) is 30.3 Å². The second kappa shape index (κ2) is 11.7. The van der Waals surface area contributed by atoms with Gasteiger partial charge in [-0.1, -0.05) is 17.7 Å². The highest BCUT2D eigenvalue weighted by Gasteiger charge is 2.30. The van der Waals surface area contributed by atoms with Crippen LogP contribution in [0.5, 0.6) is 11.5 Å². The number of rotatable bonds is 9. The first kappa shape index (κ1) is 26.0. The summed E-state index contributed by atoms with van der Waals surface area (Å²) in [5.74, 6) is 0.571. The van der Waals surface area contributed by atoms with Gasteiger partial charge < -0.3 is 14.8 Å². The van der Waals surface area contributed by atoms with E-state index in [9.17, 15) is 18.0 Å². The molecule has 1 heterocycles. The third kappa shape index (κ3) is 7.71. The fraction of sp³-hybridized carbons (Fsp3) is 0.208. The third-order valence-electron chi connectivity index (χ3n) is 4.53. The number of alkyl halides is 3.